The molecule has 0 saturated carbocycles. The van der Waals surface area contributed by atoms with E-state index >= 15 is 0 Å². The molecular weight excluding hydrogens is 296 g/mol. The Hall–Kier alpha value is -2.10. The quantitative estimate of drug-likeness (QED) is 0.883. The molecule has 1 aliphatic heterocycles. The maximum absolute atomic E-state index is 4.83. The molecule has 0 bridgehead atoms. The summed E-state index contributed by atoms with van der Waals surface area (Å²) in [7, 11) is 1.93. The smallest absolute Gasteiger partial charge is 0.0637 e. The van der Waals surface area contributed by atoms with Crippen LogP contribution in [-0.2, 0) is 6.42 Å². The highest BCUT2D eigenvalue weighted by Crippen LogP contribution is 2.31. The highest BCUT2D eigenvalue weighted by atomic mass is 15.1. The van der Waals surface area contributed by atoms with Crippen molar-refractivity contribution in [2.45, 2.75) is 46.0 Å². The average Bonchev–Trinajstić information content (AvgIpc) is 2.63. The van der Waals surface area contributed by atoms with Crippen LogP contribution in [0.4, 0.5) is 11.4 Å². The third-order valence-electron chi connectivity index (χ3n) is 4.82. The van der Waals surface area contributed by atoms with E-state index in [9.17, 15) is 0 Å². The number of aryl methyl sites for hydroxylation is 2. The second-order valence-electron chi connectivity index (χ2n) is 6.59. The normalized spacial score (nSPS) is 14.7. The van der Waals surface area contributed by atoms with Gasteiger partial charge in [0.25, 0.3) is 0 Å². The maximum Gasteiger partial charge on any atom is 0.0637 e. The van der Waals surface area contributed by atoms with Gasteiger partial charge in [0.15, 0.2) is 0 Å². The molecule has 0 aromatic carbocycles. The van der Waals surface area contributed by atoms with Crippen molar-refractivity contribution in [2.24, 2.45) is 0 Å². The van der Waals surface area contributed by atoms with Gasteiger partial charge < -0.3 is 10.2 Å². The third kappa shape index (κ3) is 3.53. The van der Waals surface area contributed by atoms with Crippen LogP contribution in [-0.4, -0.2) is 30.1 Å². The summed E-state index contributed by atoms with van der Waals surface area (Å²) in [6.07, 6.45) is 9.98. The van der Waals surface area contributed by atoms with Crippen LogP contribution in [0, 0.1) is 6.92 Å². The van der Waals surface area contributed by atoms with Gasteiger partial charge in [0.1, 0.15) is 0 Å². The first-order chi connectivity index (χ1) is 11.7. The first-order valence-corrected chi connectivity index (χ1v) is 9.11. The topological polar surface area (TPSA) is 41.1 Å². The van der Waals surface area contributed by atoms with Gasteiger partial charge in [0.05, 0.1) is 23.3 Å². The van der Waals surface area contributed by atoms with Crippen LogP contribution in [0.1, 0.15) is 44.0 Å². The van der Waals surface area contributed by atoms with E-state index < -0.39 is 0 Å². The van der Waals surface area contributed by atoms with Crippen molar-refractivity contribution in [3.63, 3.8) is 0 Å². The molecule has 0 unspecified atom stereocenters. The molecular formula is C20H28N4. The maximum atomic E-state index is 4.83. The minimum absolute atomic E-state index is 1.03. The summed E-state index contributed by atoms with van der Waals surface area (Å²) in [5.74, 6) is 0. The van der Waals surface area contributed by atoms with Crippen LogP contribution in [0.3, 0.4) is 0 Å². The molecule has 1 saturated heterocycles. The first kappa shape index (κ1) is 16.7. The van der Waals surface area contributed by atoms with Gasteiger partial charge in [-0.3, -0.25) is 9.97 Å². The number of pyridine rings is 2. The zero-order valence-corrected chi connectivity index (χ0v) is 15.1. The van der Waals surface area contributed by atoms with E-state index in [0.29, 0.717) is 0 Å². The summed E-state index contributed by atoms with van der Waals surface area (Å²) in [6, 6.07) is 4.49. The van der Waals surface area contributed by atoms with Crippen molar-refractivity contribution in [3.05, 3.63) is 35.9 Å². The Balaban J connectivity index is 2.03. The van der Waals surface area contributed by atoms with Gasteiger partial charge >= 0.3 is 0 Å². The lowest BCUT2D eigenvalue weighted by Gasteiger charge is -2.30. The standard InChI is InChI=1S/C20H28N4/c1-4-8-19-20(24-9-6-5-7-10-24)11-16(13-23-19)18-12-17(21-3)14-22-15(18)2/h11-14,21H,4-10H2,1-3H3. The fourth-order valence-corrected chi connectivity index (χ4v) is 3.43. The number of nitrogens with zero attached hydrogens (tertiary/aromatic N) is 3. The van der Waals surface area contributed by atoms with E-state index in [2.05, 4.69) is 41.2 Å². The Morgan fingerprint density at radius 2 is 1.88 bits per heavy atom. The lowest BCUT2D eigenvalue weighted by molar-refractivity contribution is 0.575. The number of hydrogen-bond donors (Lipinski definition) is 1. The number of anilines is 2. The Kier molecular flexibility index (Phi) is 5.34. The molecule has 1 N–H and O–H groups in total. The van der Waals surface area contributed by atoms with Gasteiger partial charge in [-0.25, -0.2) is 0 Å². The zero-order chi connectivity index (χ0) is 16.9. The minimum Gasteiger partial charge on any atom is -0.387 e. The molecule has 128 valence electrons. The SMILES string of the molecule is CCCc1ncc(-c2cc(NC)cnc2C)cc1N1CCCCC1. The molecule has 1 aliphatic rings. The van der Waals surface area contributed by atoms with Crippen LogP contribution in [0.15, 0.2) is 24.5 Å². The van der Waals surface area contributed by atoms with Gasteiger partial charge in [0.2, 0.25) is 0 Å². The highest BCUT2D eigenvalue weighted by molar-refractivity contribution is 5.73. The Bertz CT molecular complexity index is 690. The van der Waals surface area contributed by atoms with Crippen LogP contribution >= 0.6 is 0 Å². The Morgan fingerprint density at radius 3 is 2.58 bits per heavy atom. The molecule has 2 aromatic heterocycles. The summed E-state index contributed by atoms with van der Waals surface area (Å²) >= 11 is 0. The van der Waals surface area contributed by atoms with Gasteiger partial charge in [-0.2, -0.15) is 0 Å². The molecule has 24 heavy (non-hydrogen) atoms. The van der Waals surface area contributed by atoms with Crippen molar-refractivity contribution >= 4 is 11.4 Å². The number of hydrogen-bond acceptors (Lipinski definition) is 4. The third-order valence-corrected chi connectivity index (χ3v) is 4.82. The second kappa shape index (κ2) is 7.65. The van der Waals surface area contributed by atoms with E-state index in [0.717, 1.165) is 48.4 Å². The fraction of sp³-hybridized carbons (Fsp3) is 0.500. The van der Waals surface area contributed by atoms with Crippen molar-refractivity contribution in [2.75, 3.05) is 30.4 Å². The molecule has 3 rings (SSSR count). The summed E-state index contributed by atoms with van der Waals surface area (Å²) < 4.78 is 0. The van der Waals surface area contributed by atoms with Crippen LogP contribution in [0.2, 0.25) is 0 Å². The molecule has 0 radical (unpaired) electrons. The van der Waals surface area contributed by atoms with Gasteiger partial charge in [-0.05, 0) is 44.7 Å². The monoisotopic (exact) mass is 324 g/mol. The van der Waals surface area contributed by atoms with Crippen molar-refractivity contribution in [1.82, 2.24) is 9.97 Å². The molecule has 1 fully saturated rings. The van der Waals surface area contributed by atoms with Crippen LogP contribution in [0.25, 0.3) is 11.1 Å². The Labute approximate surface area is 145 Å². The van der Waals surface area contributed by atoms with E-state index in [4.69, 9.17) is 4.98 Å². The Morgan fingerprint density at radius 1 is 1.08 bits per heavy atom. The van der Waals surface area contributed by atoms with Crippen molar-refractivity contribution in [3.8, 4) is 11.1 Å². The number of nitrogens with one attached hydrogen (secondary N) is 1. The van der Waals surface area contributed by atoms with Crippen molar-refractivity contribution < 1.29 is 0 Å². The summed E-state index contributed by atoms with van der Waals surface area (Å²) in [4.78, 5) is 11.9. The summed E-state index contributed by atoms with van der Waals surface area (Å²) in [6.45, 7) is 6.58. The molecule has 0 aliphatic carbocycles. The van der Waals surface area contributed by atoms with Gasteiger partial charge in [-0.1, -0.05) is 13.3 Å². The molecule has 0 spiro atoms. The van der Waals surface area contributed by atoms with Gasteiger partial charge in [-0.15, -0.1) is 0 Å². The predicted octanol–water partition coefficient (Wildman–Crippen LogP) is 4.44. The lowest BCUT2D eigenvalue weighted by atomic mass is 10.0. The number of aromatic nitrogens is 2. The largest absolute Gasteiger partial charge is 0.387 e. The molecule has 4 heteroatoms. The van der Waals surface area contributed by atoms with E-state index in [-0.39, 0.29) is 0 Å². The number of piperidine rings is 1. The van der Waals surface area contributed by atoms with E-state index in [1.165, 1.54) is 30.6 Å². The average molecular weight is 324 g/mol. The van der Waals surface area contributed by atoms with E-state index in [1.54, 1.807) is 0 Å². The van der Waals surface area contributed by atoms with Gasteiger partial charge in [0, 0.05) is 43.2 Å². The second-order valence-corrected chi connectivity index (χ2v) is 6.59. The fourth-order valence-electron chi connectivity index (χ4n) is 3.43. The molecule has 2 aromatic rings. The lowest BCUT2D eigenvalue weighted by Crippen LogP contribution is -2.30. The van der Waals surface area contributed by atoms with Crippen LogP contribution in [0.5, 0.6) is 0 Å². The minimum atomic E-state index is 1.03. The first-order valence-electron chi connectivity index (χ1n) is 9.11. The molecule has 4 nitrogen and oxygen atoms in total. The van der Waals surface area contributed by atoms with Crippen molar-refractivity contribution in [1.29, 1.82) is 0 Å². The van der Waals surface area contributed by atoms with Crippen LogP contribution < -0.4 is 10.2 Å². The zero-order valence-electron chi connectivity index (χ0n) is 15.1. The number of rotatable bonds is 5. The summed E-state index contributed by atoms with van der Waals surface area (Å²) in [5, 5.41) is 3.18. The van der Waals surface area contributed by atoms with E-state index in [1.807, 2.05) is 19.4 Å². The summed E-state index contributed by atoms with van der Waals surface area (Å²) in [5.41, 5.74) is 6.96. The highest BCUT2D eigenvalue weighted by Gasteiger charge is 2.17. The predicted molar refractivity (Wildman–Crippen MR) is 102 cm³/mol. The molecule has 3 heterocycles. The molecule has 0 amide bonds. The molecule has 0 atom stereocenters.